The van der Waals surface area contributed by atoms with Crippen molar-refractivity contribution in [1.82, 2.24) is 4.98 Å². The predicted octanol–water partition coefficient (Wildman–Crippen LogP) is 3.51. The third-order valence-corrected chi connectivity index (χ3v) is 2.77. The molecule has 0 unspecified atom stereocenters. The van der Waals surface area contributed by atoms with Crippen LogP contribution in [0, 0.1) is 0 Å². The van der Waals surface area contributed by atoms with Gasteiger partial charge in [0.05, 0.1) is 0 Å². The van der Waals surface area contributed by atoms with Gasteiger partial charge >= 0.3 is 0 Å². The van der Waals surface area contributed by atoms with Crippen molar-refractivity contribution in [3.05, 3.63) is 60.3 Å². The van der Waals surface area contributed by atoms with Gasteiger partial charge in [0.2, 0.25) is 0 Å². The van der Waals surface area contributed by atoms with Gasteiger partial charge in [0, 0.05) is 12.2 Å². The Balaban J connectivity index is 1.80. The molecule has 88 valence electrons. The number of aryl methyl sites for hydroxylation is 1. The van der Waals surface area contributed by atoms with Gasteiger partial charge < -0.3 is 5.32 Å². The zero-order valence-electron chi connectivity index (χ0n) is 10.1. The summed E-state index contributed by atoms with van der Waals surface area (Å²) < 4.78 is 0. The van der Waals surface area contributed by atoms with E-state index in [0.717, 1.165) is 18.7 Å². The average molecular weight is 226 g/mol. The molecule has 2 heteroatoms. The molecule has 0 aliphatic heterocycles. The number of rotatable bonds is 5. The maximum Gasteiger partial charge on any atom is 0.126 e. The van der Waals surface area contributed by atoms with Crippen molar-refractivity contribution < 1.29 is 0 Å². The summed E-state index contributed by atoms with van der Waals surface area (Å²) in [7, 11) is 0. The molecule has 0 aliphatic carbocycles. The first-order valence-corrected chi connectivity index (χ1v) is 6.06. The van der Waals surface area contributed by atoms with Crippen LogP contribution in [0.4, 0.5) is 5.82 Å². The molecular formula is C15H18N2. The molecule has 0 saturated carbocycles. The van der Waals surface area contributed by atoms with Crippen LogP contribution in [-0.4, -0.2) is 11.0 Å². The number of hydrogen-bond donors (Lipinski definition) is 1. The van der Waals surface area contributed by atoms with Gasteiger partial charge in [-0.2, -0.15) is 0 Å². The number of pyridine rings is 1. The minimum Gasteiger partial charge on any atom is -0.368 e. The number of benzene rings is 1. The van der Waals surface area contributed by atoms with Gasteiger partial charge in [0.1, 0.15) is 5.82 Å². The van der Waals surface area contributed by atoms with Crippen molar-refractivity contribution in [3.8, 4) is 0 Å². The summed E-state index contributed by atoms with van der Waals surface area (Å²) in [6.45, 7) is 2.19. The molecule has 1 heterocycles. The highest BCUT2D eigenvalue weighted by atomic mass is 15.0. The Bertz CT molecular complexity index is 425. The number of aromatic nitrogens is 1. The first-order chi connectivity index (χ1) is 8.34. The molecule has 1 atom stereocenters. The smallest absolute Gasteiger partial charge is 0.126 e. The summed E-state index contributed by atoms with van der Waals surface area (Å²) in [6.07, 6.45) is 4.02. The van der Waals surface area contributed by atoms with Gasteiger partial charge in [-0.1, -0.05) is 36.4 Å². The predicted molar refractivity (Wildman–Crippen MR) is 72.1 cm³/mol. The molecule has 2 nitrogen and oxygen atoms in total. The van der Waals surface area contributed by atoms with Gasteiger partial charge in [0.25, 0.3) is 0 Å². The van der Waals surface area contributed by atoms with Crippen molar-refractivity contribution in [2.45, 2.75) is 25.8 Å². The molecule has 1 aromatic carbocycles. The number of anilines is 1. The topological polar surface area (TPSA) is 24.9 Å². The van der Waals surface area contributed by atoms with E-state index in [1.165, 1.54) is 5.56 Å². The number of nitrogens with one attached hydrogen (secondary N) is 1. The molecule has 0 aliphatic rings. The van der Waals surface area contributed by atoms with E-state index in [9.17, 15) is 0 Å². The summed E-state index contributed by atoms with van der Waals surface area (Å²) in [5, 5.41) is 3.40. The van der Waals surface area contributed by atoms with Gasteiger partial charge in [0.15, 0.2) is 0 Å². The zero-order valence-corrected chi connectivity index (χ0v) is 10.1. The maximum atomic E-state index is 4.26. The van der Waals surface area contributed by atoms with Crippen LogP contribution in [0.15, 0.2) is 54.7 Å². The lowest BCUT2D eigenvalue weighted by Crippen LogP contribution is -2.16. The van der Waals surface area contributed by atoms with E-state index in [2.05, 4.69) is 47.6 Å². The van der Waals surface area contributed by atoms with E-state index in [-0.39, 0.29) is 0 Å². The van der Waals surface area contributed by atoms with E-state index in [4.69, 9.17) is 0 Å². The maximum absolute atomic E-state index is 4.26. The second kappa shape index (κ2) is 6.04. The molecule has 0 amide bonds. The Labute approximate surface area is 103 Å². The van der Waals surface area contributed by atoms with Gasteiger partial charge in [-0.25, -0.2) is 4.98 Å². The van der Waals surface area contributed by atoms with E-state index >= 15 is 0 Å². The van der Waals surface area contributed by atoms with Gasteiger partial charge in [-0.05, 0) is 37.5 Å². The average Bonchev–Trinajstić information content (AvgIpc) is 2.39. The summed E-state index contributed by atoms with van der Waals surface area (Å²) >= 11 is 0. The molecule has 2 rings (SSSR count). The second-order valence-corrected chi connectivity index (χ2v) is 4.28. The number of hydrogen-bond acceptors (Lipinski definition) is 2. The molecule has 0 spiro atoms. The number of nitrogens with zero attached hydrogens (tertiary/aromatic N) is 1. The zero-order chi connectivity index (χ0) is 11.9. The normalized spacial score (nSPS) is 12.1. The quantitative estimate of drug-likeness (QED) is 0.843. The summed E-state index contributed by atoms with van der Waals surface area (Å²) in [5.41, 5.74) is 1.39. The Morgan fingerprint density at radius 2 is 1.82 bits per heavy atom. The van der Waals surface area contributed by atoms with Crippen LogP contribution in [0.2, 0.25) is 0 Å². The summed E-state index contributed by atoms with van der Waals surface area (Å²) in [5.74, 6) is 0.952. The minimum atomic E-state index is 0.435. The van der Waals surface area contributed by atoms with Crippen LogP contribution in [0.25, 0.3) is 0 Å². The monoisotopic (exact) mass is 226 g/mol. The fourth-order valence-electron chi connectivity index (χ4n) is 1.80. The highest BCUT2D eigenvalue weighted by molar-refractivity contribution is 5.34. The SMILES string of the molecule is C[C@H](CCc1ccccc1)Nc1ccccn1. The van der Waals surface area contributed by atoms with Crippen LogP contribution < -0.4 is 5.32 Å². The van der Waals surface area contributed by atoms with Crippen LogP contribution in [0.1, 0.15) is 18.9 Å². The lowest BCUT2D eigenvalue weighted by atomic mass is 10.1. The molecule has 0 fully saturated rings. The third kappa shape index (κ3) is 3.91. The molecular weight excluding hydrogens is 208 g/mol. The van der Waals surface area contributed by atoms with Crippen LogP contribution >= 0.6 is 0 Å². The second-order valence-electron chi connectivity index (χ2n) is 4.28. The molecule has 17 heavy (non-hydrogen) atoms. The lowest BCUT2D eigenvalue weighted by molar-refractivity contribution is 0.703. The van der Waals surface area contributed by atoms with Crippen molar-refractivity contribution in [3.63, 3.8) is 0 Å². The largest absolute Gasteiger partial charge is 0.368 e. The lowest BCUT2D eigenvalue weighted by Gasteiger charge is -2.14. The Kier molecular flexibility index (Phi) is 4.14. The van der Waals surface area contributed by atoms with Crippen molar-refractivity contribution >= 4 is 5.82 Å². The van der Waals surface area contributed by atoms with Gasteiger partial charge in [-0.3, -0.25) is 0 Å². The highest BCUT2D eigenvalue weighted by Gasteiger charge is 2.02. The fourth-order valence-corrected chi connectivity index (χ4v) is 1.80. The van der Waals surface area contributed by atoms with Crippen LogP contribution in [0.5, 0.6) is 0 Å². The van der Waals surface area contributed by atoms with E-state index in [1.807, 2.05) is 24.4 Å². The van der Waals surface area contributed by atoms with E-state index in [1.54, 1.807) is 0 Å². The first-order valence-electron chi connectivity index (χ1n) is 6.06. The Morgan fingerprint density at radius 3 is 2.53 bits per heavy atom. The van der Waals surface area contributed by atoms with Crippen molar-refractivity contribution in [2.75, 3.05) is 5.32 Å². The van der Waals surface area contributed by atoms with Crippen LogP contribution in [-0.2, 0) is 6.42 Å². The van der Waals surface area contributed by atoms with E-state index < -0.39 is 0 Å². The standard InChI is InChI=1S/C15H18N2/c1-13(17-15-9-5-6-12-16-15)10-11-14-7-3-2-4-8-14/h2-9,12-13H,10-11H2,1H3,(H,16,17)/t13-/m1/s1. The Morgan fingerprint density at radius 1 is 1.06 bits per heavy atom. The molecule has 0 saturated heterocycles. The third-order valence-electron chi connectivity index (χ3n) is 2.77. The highest BCUT2D eigenvalue weighted by Crippen LogP contribution is 2.09. The molecule has 2 aromatic rings. The Hall–Kier alpha value is -1.83. The minimum absolute atomic E-state index is 0.435. The molecule has 1 N–H and O–H groups in total. The first kappa shape index (κ1) is 11.6. The van der Waals surface area contributed by atoms with Gasteiger partial charge in [-0.15, -0.1) is 0 Å². The molecule has 0 radical (unpaired) electrons. The van der Waals surface area contributed by atoms with Crippen molar-refractivity contribution in [2.24, 2.45) is 0 Å². The van der Waals surface area contributed by atoms with Crippen LogP contribution in [0.3, 0.4) is 0 Å². The summed E-state index contributed by atoms with van der Waals surface area (Å²) in [4.78, 5) is 4.26. The molecule has 0 bridgehead atoms. The fraction of sp³-hybridized carbons (Fsp3) is 0.267. The summed E-state index contributed by atoms with van der Waals surface area (Å²) in [6, 6.07) is 16.9. The van der Waals surface area contributed by atoms with Crippen molar-refractivity contribution in [1.29, 1.82) is 0 Å². The molecule has 1 aromatic heterocycles. The van der Waals surface area contributed by atoms with E-state index in [0.29, 0.717) is 6.04 Å².